The Labute approximate surface area is 185 Å². The Morgan fingerprint density at radius 1 is 1.03 bits per heavy atom. The van der Waals surface area contributed by atoms with Gasteiger partial charge in [0.2, 0.25) is 5.91 Å². The van der Waals surface area contributed by atoms with Crippen molar-refractivity contribution in [1.29, 1.82) is 0 Å². The van der Waals surface area contributed by atoms with Gasteiger partial charge in [-0.3, -0.25) is 9.59 Å². The minimum atomic E-state index is -0.532. The summed E-state index contributed by atoms with van der Waals surface area (Å²) in [5, 5.41) is 0. The second kappa shape index (κ2) is 9.64. The first-order valence-corrected chi connectivity index (χ1v) is 10.5. The predicted molar refractivity (Wildman–Crippen MR) is 116 cm³/mol. The summed E-state index contributed by atoms with van der Waals surface area (Å²) in [6.07, 6.45) is 2.31. The quantitative estimate of drug-likeness (QED) is 0.591. The van der Waals surface area contributed by atoms with Crippen molar-refractivity contribution in [1.82, 2.24) is 14.8 Å². The van der Waals surface area contributed by atoms with E-state index < -0.39 is 5.82 Å². The summed E-state index contributed by atoms with van der Waals surface area (Å²) in [6.45, 7) is 1.59. The molecule has 0 bridgehead atoms. The summed E-state index contributed by atoms with van der Waals surface area (Å²) >= 11 is 0. The molecule has 0 radical (unpaired) electrons. The molecular weight excluding hydrogens is 413 g/mol. The first-order chi connectivity index (χ1) is 15.5. The van der Waals surface area contributed by atoms with Gasteiger partial charge >= 0.3 is 0 Å². The lowest BCUT2D eigenvalue weighted by molar-refractivity contribution is -0.132. The standard InChI is InChI=1S/C24H24FN3O4/c1-31-18-8-6-17(7-9-18)21-16-26-22(32-21)10-11-23(29)27-12-14-28(15-13-27)24(30)19-4-2-3-5-20(19)25/h2-9,16H,10-15H2,1H3. The van der Waals surface area contributed by atoms with Crippen molar-refractivity contribution < 1.29 is 23.1 Å². The van der Waals surface area contributed by atoms with Crippen LogP contribution in [0.1, 0.15) is 22.7 Å². The van der Waals surface area contributed by atoms with Crippen LogP contribution < -0.4 is 4.74 Å². The van der Waals surface area contributed by atoms with Crippen LogP contribution in [0.25, 0.3) is 11.3 Å². The largest absolute Gasteiger partial charge is 0.497 e. The Morgan fingerprint density at radius 3 is 2.41 bits per heavy atom. The second-order valence-corrected chi connectivity index (χ2v) is 7.50. The van der Waals surface area contributed by atoms with E-state index in [1.165, 1.54) is 12.1 Å². The number of hydrogen-bond acceptors (Lipinski definition) is 5. The zero-order valence-corrected chi connectivity index (χ0v) is 17.8. The Hall–Kier alpha value is -3.68. The average Bonchev–Trinajstić information content (AvgIpc) is 3.32. The highest BCUT2D eigenvalue weighted by atomic mass is 19.1. The molecule has 2 heterocycles. The Bertz CT molecular complexity index is 1090. The summed E-state index contributed by atoms with van der Waals surface area (Å²) in [5.41, 5.74) is 0.940. The number of aromatic nitrogens is 1. The number of carbonyl (C=O) groups excluding carboxylic acids is 2. The van der Waals surface area contributed by atoms with Gasteiger partial charge in [0, 0.05) is 44.6 Å². The predicted octanol–water partition coefficient (Wildman–Crippen LogP) is 3.41. The molecule has 7 nitrogen and oxygen atoms in total. The molecule has 0 spiro atoms. The minimum Gasteiger partial charge on any atom is -0.497 e. The van der Waals surface area contributed by atoms with Gasteiger partial charge in [-0.15, -0.1) is 0 Å². The number of methoxy groups -OCH3 is 1. The van der Waals surface area contributed by atoms with Crippen molar-refractivity contribution >= 4 is 11.8 Å². The van der Waals surface area contributed by atoms with E-state index in [0.29, 0.717) is 44.3 Å². The first kappa shape index (κ1) is 21.5. The van der Waals surface area contributed by atoms with Crippen LogP contribution in [-0.4, -0.2) is 59.9 Å². The molecule has 0 atom stereocenters. The van der Waals surface area contributed by atoms with Gasteiger partial charge in [-0.2, -0.15) is 0 Å². The van der Waals surface area contributed by atoms with E-state index in [0.717, 1.165) is 11.3 Å². The molecule has 166 valence electrons. The fraction of sp³-hybridized carbons (Fsp3) is 0.292. The van der Waals surface area contributed by atoms with Crippen LogP contribution in [-0.2, 0) is 11.2 Å². The second-order valence-electron chi connectivity index (χ2n) is 7.50. The van der Waals surface area contributed by atoms with Crippen molar-refractivity contribution in [3.05, 3.63) is 72.0 Å². The highest BCUT2D eigenvalue weighted by molar-refractivity contribution is 5.94. The maximum atomic E-state index is 13.9. The van der Waals surface area contributed by atoms with Crippen molar-refractivity contribution in [2.75, 3.05) is 33.3 Å². The number of carbonyl (C=O) groups is 2. The number of benzene rings is 2. The number of halogens is 1. The number of amides is 2. The van der Waals surface area contributed by atoms with Crippen molar-refractivity contribution in [3.63, 3.8) is 0 Å². The van der Waals surface area contributed by atoms with Crippen LogP contribution in [0.2, 0.25) is 0 Å². The number of nitrogens with zero attached hydrogens (tertiary/aromatic N) is 3. The van der Waals surface area contributed by atoms with Gasteiger partial charge in [0.1, 0.15) is 11.6 Å². The molecule has 2 amide bonds. The maximum absolute atomic E-state index is 13.9. The van der Waals surface area contributed by atoms with Gasteiger partial charge in [-0.25, -0.2) is 9.37 Å². The maximum Gasteiger partial charge on any atom is 0.256 e. The summed E-state index contributed by atoms with van der Waals surface area (Å²) in [7, 11) is 1.61. The number of hydrogen-bond donors (Lipinski definition) is 0. The Balaban J connectivity index is 1.27. The van der Waals surface area contributed by atoms with Crippen molar-refractivity contribution in [2.45, 2.75) is 12.8 Å². The smallest absolute Gasteiger partial charge is 0.256 e. The fourth-order valence-corrected chi connectivity index (χ4v) is 3.65. The van der Waals surface area contributed by atoms with Gasteiger partial charge in [0.05, 0.1) is 18.9 Å². The van der Waals surface area contributed by atoms with E-state index in [1.54, 1.807) is 35.2 Å². The first-order valence-electron chi connectivity index (χ1n) is 10.5. The summed E-state index contributed by atoms with van der Waals surface area (Å²) < 4.78 is 24.8. The van der Waals surface area contributed by atoms with E-state index in [1.807, 2.05) is 24.3 Å². The molecule has 0 aliphatic carbocycles. The van der Waals surface area contributed by atoms with E-state index in [9.17, 15) is 14.0 Å². The molecule has 0 saturated carbocycles. The molecule has 1 saturated heterocycles. The van der Waals surface area contributed by atoms with E-state index in [2.05, 4.69) is 4.98 Å². The normalized spacial score (nSPS) is 13.8. The highest BCUT2D eigenvalue weighted by Gasteiger charge is 2.26. The molecular formula is C24H24FN3O4. The highest BCUT2D eigenvalue weighted by Crippen LogP contribution is 2.23. The summed E-state index contributed by atoms with van der Waals surface area (Å²) in [5.74, 6) is 0.992. The molecule has 2 aromatic carbocycles. The van der Waals surface area contributed by atoms with Crippen LogP contribution in [0.15, 0.2) is 59.1 Å². The Morgan fingerprint density at radius 2 is 1.72 bits per heavy atom. The molecule has 3 aromatic rings. The molecule has 1 aliphatic rings. The number of ether oxygens (including phenoxy) is 1. The van der Waals surface area contributed by atoms with Crippen LogP contribution in [0, 0.1) is 5.82 Å². The molecule has 0 N–H and O–H groups in total. The van der Waals surface area contributed by atoms with E-state index >= 15 is 0 Å². The number of oxazole rings is 1. The third-order valence-electron chi connectivity index (χ3n) is 5.50. The lowest BCUT2D eigenvalue weighted by atomic mass is 10.1. The van der Waals surface area contributed by atoms with E-state index in [-0.39, 0.29) is 23.8 Å². The van der Waals surface area contributed by atoms with Gasteiger partial charge in [0.15, 0.2) is 11.7 Å². The minimum absolute atomic E-state index is 0.0211. The monoisotopic (exact) mass is 437 g/mol. The van der Waals surface area contributed by atoms with Gasteiger partial charge in [0.25, 0.3) is 5.91 Å². The zero-order valence-electron chi connectivity index (χ0n) is 17.8. The number of rotatable bonds is 6. The SMILES string of the molecule is COc1ccc(-c2cnc(CCC(=O)N3CCN(C(=O)c4ccccc4F)CC3)o2)cc1. The third kappa shape index (κ3) is 4.80. The fourth-order valence-electron chi connectivity index (χ4n) is 3.65. The molecule has 1 fully saturated rings. The summed E-state index contributed by atoms with van der Waals surface area (Å²) in [4.78, 5) is 32.7. The molecule has 1 aliphatic heterocycles. The van der Waals surface area contributed by atoms with Crippen LogP contribution in [0.4, 0.5) is 4.39 Å². The average molecular weight is 437 g/mol. The van der Waals surface area contributed by atoms with Gasteiger partial charge < -0.3 is 19.0 Å². The molecule has 1 aromatic heterocycles. The zero-order chi connectivity index (χ0) is 22.5. The topological polar surface area (TPSA) is 75.9 Å². The van der Waals surface area contributed by atoms with Crippen molar-refractivity contribution in [2.24, 2.45) is 0 Å². The number of aryl methyl sites for hydroxylation is 1. The number of piperazine rings is 1. The van der Waals surface area contributed by atoms with Crippen molar-refractivity contribution in [3.8, 4) is 17.1 Å². The molecule has 0 unspecified atom stereocenters. The van der Waals surface area contributed by atoms with Crippen LogP contribution in [0.3, 0.4) is 0 Å². The van der Waals surface area contributed by atoms with Gasteiger partial charge in [-0.05, 0) is 36.4 Å². The van der Waals surface area contributed by atoms with Gasteiger partial charge in [-0.1, -0.05) is 12.1 Å². The van der Waals surface area contributed by atoms with Crippen LogP contribution >= 0.6 is 0 Å². The third-order valence-corrected chi connectivity index (χ3v) is 5.50. The lowest BCUT2D eigenvalue weighted by Gasteiger charge is -2.34. The van der Waals surface area contributed by atoms with Crippen LogP contribution in [0.5, 0.6) is 5.75 Å². The molecule has 4 rings (SSSR count). The Kier molecular flexibility index (Phi) is 6.49. The summed E-state index contributed by atoms with van der Waals surface area (Å²) in [6, 6.07) is 13.4. The lowest BCUT2D eigenvalue weighted by Crippen LogP contribution is -2.50. The van der Waals surface area contributed by atoms with E-state index in [4.69, 9.17) is 9.15 Å². The molecule has 8 heteroatoms. The molecule has 32 heavy (non-hydrogen) atoms.